The van der Waals surface area contributed by atoms with E-state index in [-0.39, 0.29) is 0 Å². The van der Waals surface area contributed by atoms with Gasteiger partial charge in [-0.2, -0.15) is 0 Å². The van der Waals surface area contributed by atoms with E-state index in [4.69, 9.17) is 23.2 Å². The van der Waals surface area contributed by atoms with Gasteiger partial charge in [-0.3, -0.25) is 0 Å². The van der Waals surface area contributed by atoms with Crippen LogP contribution in [0.25, 0.3) is 0 Å². The summed E-state index contributed by atoms with van der Waals surface area (Å²) < 4.78 is 0. The second-order valence-electron chi connectivity index (χ2n) is 3.27. The van der Waals surface area contributed by atoms with Crippen LogP contribution in [0, 0.1) is 5.92 Å². The molecule has 0 radical (unpaired) electrons. The van der Waals surface area contributed by atoms with E-state index in [1.165, 1.54) is 18.4 Å². The van der Waals surface area contributed by atoms with Crippen LogP contribution in [0.5, 0.6) is 0 Å². The number of rotatable bonds is 6. The standard InChI is InChI=1S/C9H17Cl2N/c1-8(2)4-3-5-12-7-9(11)6-10/h6,8,12H,3-5,7H2,1-2H3. The SMILES string of the molecule is CC(C)CCCNCC(Cl)=CCl. The van der Waals surface area contributed by atoms with Gasteiger partial charge in [0.25, 0.3) is 0 Å². The van der Waals surface area contributed by atoms with E-state index < -0.39 is 0 Å². The first kappa shape index (κ1) is 12.3. The largest absolute Gasteiger partial charge is 0.312 e. The van der Waals surface area contributed by atoms with Crippen molar-refractivity contribution in [2.24, 2.45) is 5.92 Å². The summed E-state index contributed by atoms with van der Waals surface area (Å²) in [4.78, 5) is 0. The summed E-state index contributed by atoms with van der Waals surface area (Å²) in [6.45, 7) is 6.15. The molecule has 0 fully saturated rings. The molecular weight excluding hydrogens is 193 g/mol. The maximum Gasteiger partial charge on any atom is 0.0431 e. The van der Waals surface area contributed by atoms with Crippen LogP contribution in [0.15, 0.2) is 10.6 Å². The lowest BCUT2D eigenvalue weighted by Gasteiger charge is -2.05. The van der Waals surface area contributed by atoms with E-state index >= 15 is 0 Å². The Balaban J connectivity index is 3.11. The van der Waals surface area contributed by atoms with Gasteiger partial charge in [-0.15, -0.1) is 0 Å². The number of halogens is 2. The first-order valence-electron chi connectivity index (χ1n) is 4.32. The predicted octanol–water partition coefficient (Wildman–Crippen LogP) is 3.33. The average Bonchev–Trinajstić information content (AvgIpc) is 2.03. The fraction of sp³-hybridized carbons (Fsp3) is 0.778. The van der Waals surface area contributed by atoms with Crippen molar-refractivity contribution >= 4 is 23.2 Å². The first-order chi connectivity index (χ1) is 5.66. The molecule has 0 unspecified atom stereocenters. The Morgan fingerprint density at radius 2 is 2.17 bits per heavy atom. The normalized spacial score (nSPS) is 12.6. The zero-order valence-electron chi connectivity index (χ0n) is 7.74. The summed E-state index contributed by atoms with van der Waals surface area (Å²) in [6, 6.07) is 0. The van der Waals surface area contributed by atoms with E-state index in [0.717, 1.165) is 12.5 Å². The van der Waals surface area contributed by atoms with Crippen molar-refractivity contribution in [3.05, 3.63) is 10.6 Å². The summed E-state index contributed by atoms with van der Waals surface area (Å²) in [7, 11) is 0. The van der Waals surface area contributed by atoms with E-state index in [9.17, 15) is 0 Å². The highest BCUT2D eigenvalue weighted by Gasteiger charge is 1.94. The summed E-state index contributed by atoms with van der Waals surface area (Å²) >= 11 is 11.1. The Morgan fingerprint density at radius 3 is 2.67 bits per heavy atom. The summed E-state index contributed by atoms with van der Waals surface area (Å²) in [5, 5.41) is 3.87. The molecule has 0 aromatic rings. The van der Waals surface area contributed by atoms with E-state index in [1.807, 2.05) is 0 Å². The van der Waals surface area contributed by atoms with Crippen molar-refractivity contribution in [3.63, 3.8) is 0 Å². The average molecular weight is 210 g/mol. The number of hydrogen-bond acceptors (Lipinski definition) is 1. The lowest BCUT2D eigenvalue weighted by molar-refractivity contribution is 0.536. The van der Waals surface area contributed by atoms with Crippen LogP contribution in [-0.4, -0.2) is 13.1 Å². The van der Waals surface area contributed by atoms with Crippen molar-refractivity contribution in [3.8, 4) is 0 Å². The molecule has 0 aromatic carbocycles. The third kappa shape index (κ3) is 8.38. The van der Waals surface area contributed by atoms with Crippen LogP contribution < -0.4 is 5.32 Å². The Bertz CT molecular complexity index is 132. The lowest BCUT2D eigenvalue weighted by atomic mass is 10.1. The zero-order chi connectivity index (χ0) is 9.40. The summed E-state index contributed by atoms with van der Waals surface area (Å²) in [6.07, 6.45) is 2.46. The molecule has 1 nitrogen and oxygen atoms in total. The second-order valence-corrected chi connectivity index (χ2v) is 3.97. The van der Waals surface area contributed by atoms with Gasteiger partial charge in [-0.1, -0.05) is 37.0 Å². The fourth-order valence-electron chi connectivity index (χ4n) is 0.882. The molecule has 0 aliphatic rings. The minimum absolute atomic E-state index is 0.668. The Hall–Kier alpha value is 0.280. The van der Waals surface area contributed by atoms with Crippen LogP contribution in [0.3, 0.4) is 0 Å². The van der Waals surface area contributed by atoms with Gasteiger partial charge in [0, 0.05) is 17.1 Å². The quantitative estimate of drug-likeness (QED) is 0.663. The van der Waals surface area contributed by atoms with Crippen molar-refractivity contribution in [2.45, 2.75) is 26.7 Å². The monoisotopic (exact) mass is 209 g/mol. The minimum atomic E-state index is 0.668. The molecule has 0 aromatic heterocycles. The smallest absolute Gasteiger partial charge is 0.0431 e. The fourth-order valence-corrected chi connectivity index (χ4v) is 1.05. The van der Waals surface area contributed by atoms with Gasteiger partial charge in [0.15, 0.2) is 0 Å². The van der Waals surface area contributed by atoms with Gasteiger partial charge in [0.05, 0.1) is 0 Å². The Labute approximate surface area is 85.1 Å². The highest BCUT2D eigenvalue weighted by atomic mass is 35.5. The van der Waals surface area contributed by atoms with Gasteiger partial charge in [-0.25, -0.2) is 0 Å². The van der Waals surface area contributed by atoms with Crippen molar-refractivity contribution < 1.29 is 0 Å². The third-order valence-electron chi connectivity index (χ3n) is 1.55. The molecule has 0 spiro atoms. The molecule has 0 aliphatic heterocycles. The maximum atomic E-state index is 5.67. The third-order valence-corrected chi connectivity index (χ3v) is 2.17. The van der Waals surface area contributed by atoms with Gasteiger partial charge < -0.3 is 5.32 Å². The topological polar surface area (TPSA) is 12.0 Å². The van der Waals surface area contributed by atoms with Crippen LogP contribution >= 0.6 is 23.2 Å². The summed E-state index contributed by atoms with van der Waals surface area (Å²) in [5.74, 6) is 0.783. The molecule has 0 aliphatic carbocycles. The maximum absolute atomic E-state index is 5.67. The van der Waals surface area contributed by atoms with Crippen LogP contribution in [0.1, 0.15) is 26.7 Å². The molecule has 72 valence electrons. The molecule has 0 saturated carbocycles. The highest BCUT2D eigenvalue weighted by molar-refractivity contribution is 6.36. The molecular formula is C9H17Cl2N. The Kier molecular flexibility index (Phi) is 8.09. The zero-order valence-corrected chi connectivity index (χ0v) is 9.25. The lowest BCUT2D eigenvalue weighted by Crippen LogP contribution is -2.17. The van der Waals surface area contributed by atoms with Gasteiger partial charge >= 0.3 is 0 Å². The number of nitrogens with one attached hydrogen (secondary N) is 1. The molecule has 12 heavy (non-hydrogen) atoms. The van der Waals surface area contributed by atoms with Crippen molar-refractivity contribution in [2.75, 3.05) is 13.1 Å². The second kappa shape index (κ2) is 7.90. The van der Waals surface area contributed by atoms with E-state index in [1.54, 1.807) is 0 Å². The molecule has 0 bridgehead atoms. The molecule has 0 rings (SSSR count). The highest BCUT2D eigenvalue weighted by Crippen LogP contribution is 2.03. The van der Waals surface area contributed by atoms with Crippen LogP contribution in [0.2, 0.25) is 0 Å². The van der Waals surface area contributed by atoms with Crippen LogP contribution in [-0.2, 0) is 0 Å². The summed E-state index contributed by atoms with van der Waals surface area (Å²) in [5.41, 5.74) is 1.40. The van der Waals surface area contributed by atoms with Gasteiger partial charge in [0.2, 0.25) is 0 Å². The van der Waals surface area contributed by atoms with Crippen LogP contribution in [0.4, 0.5) is 0 Å². The van der Waals surface area contributed by atoms with Gasteiger partial charge in [0.1, 0.15) is 0 Å². The molecule has 0 saturated heterocycles. The molecule has 0 atom stereocenters. The molecule has 0 heterocycles. The van der Waals surface area contributed by atoms with E-state index in [2.05, 4.69) is 19.2 Å². The molecule has 1 N–H and O–H groups in total. The first-order valence-corrected chi connectivity index (χ1v) is 5.13. The van der Waals surface area contributed by atoms with Crippen molar-refractivity contribution in [1.29, 1.82) is 0 Å². The predicted molar refractivity (Wildman–Crippen MR) is 56.7 cm³/mol. The van der Waals surface area contributed by atoms with E-state index in [0.29, 0.717) is 11.6 Å². The minimum Gasteiger partial charge on any atom is -0.312 e. The number of hydrogen-bond donors (Lipinski definition) is 1. The van der Waals surface area contributed by atoms with Crippen molar-refractivity contribution in [1.82, 2.24) is 5.32 Å². The Morgan fingerprint density at radius 1 is 1.50 bits per heavy atom. The molecule has 3 heteroatoms. The van der Waals surface area contributed by atoms with Gasteiger partial charge in [-0.05, 0) is 25.3 Å². The molecule has 0 amide bonds.